The van der Waals surface area contributed by atoms with Crippen molar-refractivity contribution in [2.45, 2.75) is 38.4 Å². The number of aromatic nitrogens is 3. The van der Waals surface area contributed by atoms with Crippen LogP contribution in [0.2, 0.25) is 0 Å². The molecule has 0 fully saturated rings. The number of amides is 1. The summed E-state index contributed by atoms with van der Waals surface area (Å²) < 4.78 is 14.7. The average molecular weight is 388 g/mol. The molecule has 2 N–H and O–H groups in total. The van der Waals surface area contributed by atoms with Crippen molar-refractivity contribution in [3.8, 4) is 5.69 Å². The van der Waals surface area contributed by atoms with E-state index >= 15 is 0 Å². The summed E-state index contributed by atoms with van der Waals surface area (Å²) in [5, 5.41) is 3.26. The number of hydrogen-bond acceptors (Lipinski definition) is 4. The van der Waals surface area contributed by atoms with E-state index in [0.717, 1.165) is 5.69 Å². The van der Waals surface area contributed by atoms with Crippen molar-refractivity contribution in [1.29, 1.82) is 0 Å². The summed E-state index contributed by atoms with van der Waals surface area (Å²) >= 11 is 1.17. The minimum absolute atomic E-state index is 0.111. The second-order valence-electron chi connectivity index (χ2n) is 7.31. The van der Waals surface area contributed by atoms with E-state index < -0.39 is 5.82 Å². The van der Waals surface area contributed by atoms with Crippen molar-refractivity contribution < 1.29 is 9.18 Å². The second kappa shape index (κ2) is 7.19. The Balaban J connectivity index is 2.04. The molecule has 0 aliphatic carbocycles. The van der Waals surface area contributed by atoms with Crippen molar-refractivity contribution in [1.82, 2.24) is 19.9 Å². The van der Waals surface area contributed by atoms with E-state index in [1.54, 1.807) is 6.07 Å². The summed E-state index contributed by atoms with van der Waals surface area (Å²) in [5.41, 5.74) is 1.58. The number of carbonyl (C=O) groups is 1. The lowest BCUT2D eigenvalue weighted by Crippen LogP contribution is -2.41. The predicted molar refractivity (Wildman–Crippen MR) is 105 cm³/mol. The van der Waals surface area contributed by atoms with Gasteiger partial charge in [-0.1, -0.05) is 11.8 Å². The average Bonchev–Trinajstić information content (AvgIpc) is 2.93. The first-order chi connectivity index (χ1) is 12.6. The fourth-order valence-corrected chi connectivity index (χ4v) is 3.49. The smallest absolute Gasteiger partial charge is 0.283 e. The summed E-state index contributed by atoms with van der Waals surface area (Å²) in [6.45, 7) is 7.54. The Kier molecular flexibility index (Phi) is 5.10. The lowest BCUT2D eigenvalue weighted by molar-refractivity contribution is -0.119. The van der Waals surface area contributed by atoms with Crippen LogP contribution in [0.15, 0.2) is 40.3 Å². The maximum absolute atomic E-state index is 13.3. The Hall–Kier alpha value is -2.61. The largest absolute Gasteiger partial charge is 0.353 e. The molecule has 142 valence electrons. The van der Waals surface area contributed by atoms with Gasteiger partial charge in [0.2, 0.25) is 5.91 Å². The number of H-pyrrole nitrogens is 1. The van der Waals surface area contributed by atoms with Gasteiger partial charge in [-0.05, 0) is 58.0 Å². The Morgan fingerprint density at radius 2 is 1.96 bits per heavy atom. The normalized spacial score (nSPS) is 11.7. The van der Waals surface area contributed by atoms with Crippen LogP contribution >= 0.6 is 11.8 Å². The van der Waals surface area contributed by atoms with E-state index in [1.807, 2.05) is 27.7 Å². The Morgan fingerprint density at radius 3 is 2.59 bits per heavy atom. The zero-order valence-electron chi connectivity index (χ0n) is 15.6. The number of nitrogens with one attached hydrogen (secondary N) is 2. The van der Waals surface area contributed by atoms with Crippen LogP contribution in [0.5, 0.6) is 0 Å². The standard InChI is InChI=1S/C19H21FN4O2S/c1-11-9-14-16(21-11)17(26)24(13-7-5-12(20)6-8-13)18(22-14)27-10-15(25)23-19(2,3)4/h5-9,21H,10H2,1-4H3,(H,23,25). The van der Waals surface area contributed by atoms with Crippen LogP contribution in [0.25, 0.3) is 16.7 Å². The lowest BCUT2D eigenvalue weighted by atomic mass is 10.1. The van der Waals surface area contributed by atoms with Gasteiger partial charge in [0.15, 0.2) is 5.16 Å². The van der Waals surface area contributed by atoms with Crippen molar-refractivity contribution in [3.63, 3.8) is 0 Å². The van der Waals surface area contributed by atoms with Gasteiger partial charge in [0, 0.05) is 11.2 Å². The van der Waals surface area contributed by atoms with Crippen molar-refractivity contribution in [3.05, 3.63) is 52.2 Å². The van der Waals surface area contributed by atoms with Gasteiger partial charge in [-0.15, -0.1) is 0 Å². The number of rotatable bonds is 4. The van der Waals surface area contributed by atoms with Crippen molar-refractivity contribution in [2.24, 2.45) is 0 Å². The summed E-state index contributed by atoms with van der Waals surface area (Å²) in [7, 11) is 0. The maximum Gasteiger partial charge on any atom is 0.283 e. The molecule has 3 rings (SSSR count). The molecular formula is C19H21FN4O2S. The van der Waals surface area contributed by atoms with Gasteiger partial charge < -0.3 is 10.3 Å². The fourth-order valence-electron chi connectivity index (χ4n) is 2.68. The second-order valence-corrected chi connectivity index (χ2v) is 8.25. The highest BCUT2D eigenvalue weighted by Crippen LogP contribution is 2.22. The van der Waals surface area contributed by atoms with Gasteiger partial charge in [0.05, 0.1) is 17.0 Å². The first kappa shape index (κ1) is 19.2. The van der Waals surface area contributed by atoms with Gasteiger partial charge in [0.25, 0.3) is 5.56 Å². The molecule has 2 aromatic heterocycles. The Bertz CT molecular complexity index is 1050. The molecule has 2 heterocycles. The molecule has 27 heavy (non-hydrogen) atoms. The van der Waals surface area contributed by atoms with E-state index in [0.29, 0.717) is 21.9 Å². The molecule has 0 saturated carbocycles. The van der Waals surface area contributed by atoms with E-state index in [1.165, 1.54) is 40.6 Å². The van der Waals surface area contributed by atoms with Crippen LogP contribution in [-0.4, -0.2) is 31.7 Å². The highest BCUT2D eigenvalue weighted by atomic mass is 32.2. The van der Waals surface area contributed by atoms with E-state index in [-0.39, 0.29) is 22.8 Å². The molecule has 8 heteroatoms. The third kappa shape index (κ3) is 4.39. The number of hydrogen-bond donors (Lipinski definition) is 2. The zero-order valence-corrected chi connectivity index (χ0v) is 16.4. The van der Waals surface area contributed by atoms with E-state index in [9.17, 15) is 14.0 Å². The van der Waals surface area contributed by atoms with Crippen LogP contribution < -0.4 is 10.9 Å². The highest BCUT2D eigenvalue weighted by Gasteiger charge is 2.18. The molecule has 3 aromatic rings. The van der Waals surface area contributed by atoms with E-state index in [4.69, 9.17) is 0 Å². The quantitative estimate of drug-likeness (QED) is 0.531. The van der Waals surface area contributed by atoms with Crippen molar-refractivity contribution in [2.75, 3.05) is 5.75 Å². The molecule has 0 atom stereocenters. The fraction of sp³-hybridized carbons (Fsp3) is 0.316. The minimum Gasteiger partial charge on any atom is -0.353 e. The Labute approximate surface area is 160 Å². The number of benzene rings is 1. The molecule has 1 aromatic carbocycles. The molecule has 0 spiro atoms. The van der Waals surface area contributed by atoms with Crippen molar-refractivity contribution >= 4 is 28.7 Å². The van der Waals surface area contributed by atoms with Crippen LogP contribution in [0.3, 0.4) is 0 Å². The molecule has 0 aliphatic heterocycles. The van der Waals surface area contributed by atoms with E-state index in [2.05, 4.69) is 15.3 Å². The molecular weight excluding hydrogens is 367 g/mol. The monoisotopic (exact) mass is 388 g/mol. The van der Waals surface area contributed by atoms with Crippen LogP contribution in [0.1, 0.15) is 26.5 Å². The summed E-state index contributed by atoms with van der Waals surface area (Å²) in [6.07, 6.45) is 0. The first-order valence-electron chi connectivity index (χ1n) is 8.46. The zero-order chi connectivity index (χ0) is 19.8. The van der Waals surface area contributed by atoms with Gasteiger partial charge in [0.1, 0.15) is 11.3 Å². The molecule has 0 radical (unpaired) electrons. The number of fused-ring (bicyclic) bond motifs is 1. The summed E-state index contributed by atoms with van der Waals surface area (Å²) in [6, 6.07) is 7.38. The van der Waals surface area contributed by atoms with Crippen LogP contribution in [-0.2, 0) is 4.79 Å². The molecule has 0 bridgehead atoms. The van der Waals surface area contributed by atoms with Crippen LogP contribution in [0, 0.1) is 12.7 Å². The minimum atomic E-state index is -0.393. The number of thioether (sulfide) groups is 1. The molecule has 0 aliphatic rings. The topological polar surface area (TPSA) is 79.8 Å². The number of halogens is 1. The summed E-state index contributed by atoms with van der Waals surface area (Å²) in [4.78, 5) is 32.7. The van der Waals surface area contributed by atoms with Crippen LogP contribution in [0.4, 0.5) is 4.39 Å². The lowest BCUT2D eigenvalue weighted by Gasteiger charge is -2.20. The summed E-state index contributed by atoms with van der Waals surface area (Å²) in [5.74, 6) is -0.437. The number of nitrogens with zero attached hydrogens (tertiary/aromatic N) is 2. The molecule has 6 nitrogen and oxygen atoms in total. The van der Waals surface area contributed by atoms with Gasteiger partial charge in [-0.3, -0.25) is 14.2 Å². The highest BCUT2D eigenvalue weighted by molar-refractivity contribution is 7.99. The molecule has 0 saturated heterocycles. The molecule has 1 amide bonds. The number of aromatic amines is 1. The first-order valence-corrected chi connectivity index (χ1v) is 9.45. The van der Waals surface area contributed by atoms with Gasteiger partial charge in [-0.25, -0.2) is 9.37 Å². The van der Waals surface area contributed by atoms with Gasteiger partial charge >= 0.3 is 0 Å². The number of aryl methyl sites for hydroxylation is 1. The number of carbonyl (C=O) groups excluding carboxylic acids is 1. The third-order valence-electron chi connectivity index (χ3n) is 3.69. The van der Waals surface area contributed by atoms with Gasteiger partial charge in [-0.2, -0.15) is 0 Å². The maximum atomic E-state index is 13.3. The Morgan fingerprint density at radius 1 is 1.30 bits per heavy atom. The SMILES string of the molecule is Cc1cc2nc(SCC(=O)NC(C)(C)C)n(-c3ccc(F)cc3)c(=O)c2[nH]1. The third-order valence-corrected chi connectivity index (χ3v) is 4.63. The predicted octanol–water partition coefficient (Wildman–Crippen LogP) is 3.17. The molecule has 0 unspecified atom stereocenters.